The predicted molar refractivity (Wildman–Crippen MR) is 79.8 cm³/mol. The van der Waals surface area contributed by atoms with Gasteiger partial charge < -0.3 is 5.32 Å². The summed E-state index contributed by atoms with van der Waals surface area (Å²) in [5.74, 6) is 0. The molecule has 1 aromatic carbocycles. The van der Waals surface area contributed by atoms with Gasteiger partial charge in [-0.3, -0.25) is 0 Å². The van der Waals surface area contributed by atoms with Gasteiger partial charge in [0.1, 0.15) is 0 Å². The standard InChI is InChI=1S/C11H17BrN2O2S.ClH/c1-8-4-5-11(10(12)6-8)17(15,16)14-7-9(2)13-3;/h4-6,9,13-14H,7H2,1-3H3;1H. The highest BCUT2D eigenvalue weighted by atomic mass is 79.9. The Balaban J connectivity index is 0.00000289. The van der Waals surface area contributed by atoms with Gasteiger partial charge in [-0.2, -0.15) is 0 Å². The van der Waals surface area contributed by atoms with Gasteiger partial charge in [0.15, 0.2) is 0 Å². The van der Waals surface area contributed by atoms with Crippen LogP contribution in [0, 0.1) is 6.92 Å². The van der Waals surface area contributed by atoms with Crippen molar-refractivity contribution in [3.8, 4) is 0 Å². The van der Waals surface area contributed by atoms with E-state index < -0.39 is 10.0 Å². The summed E-state index contributed by atoms with van der Waals surface area (Å²) in [4.78, 5) is 0.270. The Labute approximate surface area is 123 Å². The van der Waals surface area contributed by atoms with E-state index in [9.17, 15) is 8.42 Å². The van der Waals surface area contributed by atoms with Crippen molar-refractivity contribution in [3.63, 3.8) is 0 Å². The van der Waals surface area contributed by atoms with Crippen molar-refractivity contribution in [1.29, 1.82) is 0 Å². The molecular weight excluding hydrogens is 340 g/mol. The van der Waals surface area contributed by atoms with Crippen molar-refractivity contribution in [1.82, 2.24) is 10.0 Å². The molecule has 104 valence electrons. The minimum Gasteiger partial charge on any atom is -0.316 e. The number of rotatable bonds is 5. The monoisotopic (exact) mass is 356 g/mol. The topological polar surface area (TPSA) is 58.2 Å². The van der Waals surface area contributed by atoms with E-state index in [1.165, 1.54) is 0 Å². The molecule has 7 heteroatoms. The van der Waals surface area contributed by atoms with Crippen LogP contribution in [0.3, 0.4) is 0 Å². The molecule has 0 heterocycles. The van der Waals surface area contributed by atoms with Crippen molar-refractivity contribution < 1.29 is 8.42 Å². The molecule has 4 nitrogen and oxygen atoms in total. The normalized spacial score (nSPS) is 12.9. The number of hydrogen-bond donors (Lipinski definition) is 2. The molecule has 1 unspecified atom stereocenters. The first-order chi connectivity index (χ1) is 7.86. The fraction of sp³-hybridized carbons (Fsp3) is 0.455. The molecule has 2 N–H and O–H groups in total. The van der Waals surface area contributed by atoms with E-state index in [0.29, 0.717) is 11.0 Å². The lowest BCUT2D eigenvalue weighted by molar-refractivity contribution is 0.554. The van der Waals surface area contributed by atoms with Crippen LogP contribution in [0.25, 0.3) is 0 Å². The highest BCUT2D eigenvalue weighted by Gasteiger charge is 2.17. The summed E-state index contributed by atoms with van der Waals surface area (Å²) in [6.07, 6.45) is 0. The Morgan fingerprint density at radius 2 is 2.00 bits per heavy atom. The molecule has 0 fully saturated rings. The zero-order chi connectivity index (χ0) is 13.1. The van der Waals surface area contributed by atoms with Crippen LogP contribution in [0.4, 0.5) is 0 Å². The molecule has 1 aromatic rings. The van der Waals surface area contributed by atoms with Gasteiger partial charge in [-0.25, -0.2) is 13.1 Å². The van der Waals surface area contributed by atoms with Gasteiger partial charge in [0.25, 0.3) is 0 Å². The summed E-state index contributed by atoms with van der Waals surface area (Å²) in [5.41, 5.74) is 1.01. The number of hydrogen-bond acceptors (Lipinski definition) is 3. The average Bonchev–Trinajstić information content (AvgIpc) is 2.25. The molecular formula is C11H18BrClN2O2S. The smallest absolute Gasteiger partial charge is 0.241 e. The van der Waals surface area contributed by atoms with Crippen molar-refractivity contribution in [3.05, 3.63) is 28.2 Å². The molecule has 0 aliphatic carbocycles. The third-order valence-electron chi connectivity index (χ3n) is 2.45. The first-order valence-electron chi connectivity index (χ1n) is 5.30. The summed E-state index contributed by atoms with van der Waals surface area (Å²) >= 11 is 3.27. The van der Waals surface area contributed by atoms with Gasteiger partial charge in [0, 0.05) is 17.1 Å². The third-order valence-corrected chi connectivity index (χ3v) is 4.85. The van der Waals surface area contributed by atoms with Gasteiger partial charge in [-0.1, -0.05) is 6.07 Å². The lowest BCUT2D eigenvalue weighted by atomic mass is 10.2. The maximum absolute atomic E-state index is 12.0. The second kappa shape index (κ2) is 7.45. The van der Waals surface area contributed by atoms with Gasteiger partial charge in [-0.05, 0) is 54.5 Å². The Kier molecular flexibility index (Phi) is 7.39. The number of nitrogens with one attached hydrogen (secondary N) is 2. The van der Waals surface area contributed by atoms with Crippen LogP contribution in [0.1, 0.15) is 12.5 Å². The van der Waals surface area contributed by atoms with Crippen LogP contribution >= 0.6 is 28.3 Å². The second-order valence-electron chi connectivity index (χ2n) is 3.98. The molecule has 0 saturated carbocycles. The van der Waals surface area contributed by atoms with Gasteiger partial charge >= 0.3 is 0 Å². The van der Waals surface area contributed by atoms with Crippen molar-refractivity contribution in [2.45, 2.75) is 24.8 Å². The lowest BCUT2D eigenvalue weighted by Gasteiger charge is -2.13. The lowest BCUT2D eigenvalue weighted by Crippen LogP contribution is -2.37. The van der Waals surface area contributed by atoms with Crippen LogP contribution in [0.5, 0.6) is 0 Å². The van der Waals surface area contributed by atoms with E-state index >= 15 is 0 Å². The molecule has 0 spiro atoms. The highest BCUT2D eigenvalue weighted by molar-refractivity contribution is 9.10. The van der Waals surface area contributed by atoms with Crippen LogP contribution in [-0.4, -0.2) is 28.1 Å². The average molecular weight is 358 g/mol. The van der Waals surface area contributed by atoms with Gasteiger partial charge in [0.05, 0.1) is 4.90 Å². The largest absolute Gasteiger partial charge is 0.316 e. The fourth-order valence-corrected chi connectivity index (χ4v) is 3.56. The SMILES string of the molecule is CNC(C)CNS(=O)(=O)c1ccc(C)cc1Br.Cl. The summed E-state index contributed by atoms with van der Waals surface area (Å²) < 4.78 is 27.2. The fourth-order valence-electron chi connectivity index (χ4n) is 1.24. The zero-order valence-electron chi connectivity index (χ0n) is 10.5. The van der Waals surface area contributed by atoms with Crippen molar-refractivity contribution in [2.75, 3.05) is 13.6 Å². The molecule has 1 atom stereocenters. The summed E-state index contributed by atoms with van der Waals surface area (Å²) in [6, 6.07) is 5.26. The van der Waals surface area contributed by atoms with Crippen molar-refractivity contribution >= 4 is 38.4 Å². The van der Waals surface area contributed by atoms with E-state index in [0.717, 1.165) is 5.56 Å². The molecule has 0 aromatic heterocycles. The van der Waals surface area contributed by atoms with E-state index in [1.807, 2.05) is 13.8 Å². The van der Waals surface area contributed by atoms with Crippen LogP contribution < -0.4 is 10.0 Å². The molecule has 0 radical (unpaired) electrons. The maximum Gasteiger partial charge on any atom is 0.241 e. The van der Waals surface area contributed by atoms with Crippen LogP contribution in [0.15, 0.2) is 27.6 Å². The highest BCUT2D eigenvalue weighted by Crippen LogP contribution is 2.22. The summed E-state index contributed by atoms with van der Waals surface area (Å²) in [7, 11) is -1.66. The Hall–Kier alpha value is -0.140. The molecule has 1 rings (SSSR count). The molecule has 0 aliphatic heterocycles. The van der Waals surface area contributed by atoms with E-state index in [4.69, 9.17) is 0 Å². The Morgan fingerprint density at radius 3 is 2.50 bits per heavy atom. The molecule has 18 heavy (non-hydrogen) atoms. The number of sulfonamides is 1. The quantitative estimate of drug-likeness (QED) is 0.848. The molecule has 0 amide bonds. The first-order valence-corrected chi connectivity index (χ1v) is 7.57. The van der Waals surface area contributed by atoms with Gasteiger partial charge in [-0.15, -0.1) is 12.4 Å². The number of halogens is 2. The second-order valence-corrected chi connectivity index (χ2v) is 6.57. The van der Waals surface area contributed by atoms with Crippen LogP contribution in [-0.2, 0) is 10.0 Å². The third kappa shape index (κ3) is 4.85. The minimum atomic E-state index is -3.45. The molecule has 0 saturated heterocycles. The van der Waals surface area contributed by atoms with E-state index in [-0.39, 0.29) is 23.3 Å². The summed E-state index contributed by atoms with van der Waals surface area (Å²) in [5, 5.41) is 2.97. The van der Waals surface area contributed by atoms with E-state index in [2.05, 4.69) is 26.0 Å². The predicted octanol–water partition coefficient (Wildman–Crippen LogP) is 2.07. The number of aryl methyl sites for hydroxylation is 1. The Bertz CT molecular complexity index is 494. The summed E-state index contributed by atoms with van der Waals surface area (Å²) in [6.45, 7) is 4.18. The molecule has 0 aliphatic rings. The Morgan fingerprint density at radius 1 is 1.39 bits per heavy atom. The van der Waals surface area contributed by atoms with Gasteiger partial charge in [0.2, 0.25) is 10.0 Å². The first kappa shape index (κ1) is 17.9. The number of likely N-dealkylation sites (N-methyl/N-ethyl adjacent to an activating group) is 1. The zero-order valence-corrected chi connectivity index (χ0v) is 13.7. The number of benzene rings is 1. The molecule has 0 bridgehead atoms. The van der Waals surface area contributed by atoms with E-state index in [1.54, 1.807) is 25.2 Å². The van der Waals surface area contributed by atoms with Crippen molar-refractivity contribution in [2.24, 2.45) is 0 Å². The van der Waals surface area contributed by atoms with Crippen LogP contribution in [0.2, 0.25) is 0 Å². The maximum atomic E-state index is 12.0. The minimum absolute atomic E-state index is 0.